The van der Waals surface area contributed by atoms with Gasteiger partial charge < -0.3 is 24.6 Å². The molecule has 2 aromatic carbocycles. The van der Waals surface area contributed by atoms with E-state index in [0.29, 0.717) is 11.0 Å². The molecule has 1 aliphatic heterocycles. The summed E-state index contributed by atoms with van der Waals surface area (Å²) in [5.41, 5.74) is 1.64. The number of piperazine rings is 1. The Balaban J connectivity index is 1.44. The van der Waals surface area contributed by atoms with Gasteiger partial charge in [-0.15, -0.1) is 0 Å². The summed E-state index contributed by atoms with van der Waals surface area (Å²) in [6, 6.07) is 15.7. The Morgan fingerprint density at radius 2 is 1.78 bits per heavy atom. The van der Waals surface area contributed by atoms with Crippen molar-refractivity contribution in [1.82, 2.24) is 19.4 Å². The largest absolute Gasteiger partial charge is 0.443 e. The molecule has 0 bridgehead atoms. The van der Waals surface area contributed by atoms with Crippen molar-refractivity contribution in [3.8, 4) is 11.6 Å². The number of esters is 1. The quantitative estimate of drug-likeness (QED) is 0.175. The first-order chi connectivity index (χ1) is 19.6. The number of carbonyl (C=O) groups excluding carboxylic acids is 1. The lowest BCUT2D eigenvalue weighted by atomic mass is 9.98. The SMILES string of the molecule is CN1CCN(c2ccc(Nc3nc(Oc4cccc([N+](=O)[O-])c4)c4ccn(COC(=O)C(C)(C)C)c4n3)cc2)CC1. The third kappa shape index (κ3) is 6.55. The standard InChI is InChI=1S/C29H33N7O5/c1-29(2,3)27(37)40-19-35-13-12-24-25(35)31-28(32-26(24)41-23-7-5-6-22(18-23)36(38)39)30-20-8-10-21(11-9-20)34-16-14-33(4)15-17-34/h5-13,18H,14-17,19H2,1-4H3,(H,30,31,32). The predicted octanol–water partition coefficient (Wildman–Crippen LogP) is 5.17. The molecule has 3 heterocycles. The molecule has 0 amide bonds. The van der Waals surface area contributed by atoms with Crippen LogP contribution in [0.3, 0.4) is 0 Å². The molecule has 1 N–H and O–H groups in total. The fourth-order valence-corrected chi connectivity index (χ4v) is 4.34. The number of anilines is 3. The average Bonchev–Trinajstić information content (AvgIpc) is 3.35. The number of rotatable bonds is 8. The molecule has 41 heavy (non-hydrogen) atoms. The maximum atomic E-state index is 12.4. The van der Waals surface area contributed by atoms with Crippen molar-refractivity contribution in [2.24, 2.45) is 5.41 Å². The first kappa shape index (κ1) is 27.8. The maximum Gasteiger partial charge on any atom is 0.312 e. The van der Waals surface area contributed by atoms with Gasteiger partial charge in [0.2, 0.25) is 11.8 Å². The summed E-state index contributed by atoms with van der Waals surface area (Å²) in [6.07, 6.45) is 1.73. The number of benzene rings is 2. The third-order valence-corrected chi connectivity index (χ3v) is 6.77. The van der Waals surface area contributed by atoms with E-state index in [-0.39, 0.29) is 36.0 Å². The molecule has 1 fully saturated rings. The number of nitrogens with one attached hydrogen (secondary N) is 1. The highest BCUT2D eigenvalue weighted by molar-refractivity contribution is 5.83. The van der Waals surface area contributed by atoms with E-state index in [1.54, 1.807) is 49.7 Å². The van der Waals surface area contributed by atoms with Gasteiger partial charge in [0, 0.05) is 49.8 Å². The van der Waals surface area contributed by atoms with Crippen molar-refractivity contribution < 1.29 is 19.2 Å². The van der Waals surface area contributed by atoms with Crippen LogP contribution in [-0.2, 0) is 16.3 Å². The molecule has 1 saturated heterocycles. The molecular formula is C29H33N7O5. The number of ether oxygens (including phenoxy) is 2. The van der Waals surface area contributed by atoms with E-state index in [1.165, 1.54) is 12.1 Å². The van der Waals surface area contributed by atoms with Crippen LogP contribution in [0.1, 0.15) is 20.8 Å². The van der Waals surface area contributed by atoms with Gasteiger partial charge in [-0.2, -0.15) is 9.97 Å². The summed E-state index contributed by atoms with van der Waals surface area (Å²) < 4.78 is 13.2. The number of fused-ring (bicyclic) bond motifs is 1. The Morgan fingerprint density at radius 1 is 1.05 bits per heavy atom. The molecule has 5 rings (SSSR count). The number of nitro groups is 1. The molecule has 4 aromatic rings. The number of hydrogen-bond acceptors (Lipinski definition) is 10. The highest BCUT2D eigenvalue weighted by Gasteiger charge is 2.24. The molecule has 0 atom stereocenters. The van der Waals surface area contributed by atoms with Crippen LogP contribution >= 0.6 is 0 Å². The van der Waals surface area contributed by atoms with Gasteiger partial charge in [-0.3, -0.25) is 19.5 Å². The zero-order valence-corrected chi connectivity index (χ0v) is 23.5. The number of aromatic nitrogens is 3. The molecule has 2 aromatic heterocycles. The number of non-ortho nitro benzene ring substituents is 1. The summed E-state index contributed by atoms with van der Waals surface area (Å²) in [4.78, 5) is 37.1. The monoisotopic (exact) mass is 559 g/mol. The molecule has 0 unspecified atom stereocenters. The van der Waals surface area contributed by atoms with Crippen LogP contribution in [0, 0.1) is 15.5 Å². The van der Waals surface area contributed by atoms with Crippen molar-refractivity contribution in [2.45, 2.75) is 27.5 Å². The fraction of sp³-hybridized carbons (Fsp3) is 0.345. The van der Waals surface area contributed by atoms with Crippen LogP contribution in [0.5, 0.6) is 11.6 Å². The summed E-state index contributed by atoms with van der Waals surface area (Å²) >= 11 is 0. The second-order valence-corrected chi connectivity index (χ2v) is 11.0. The summed E-state index contributed by atoms with van der Waals surface area (Å²) in [6.45, 7) is 9.29. The topological polar surface area (TPSA) is 128 Å². The van der Waals surface area contributed by atoms with Crippen molar-refractivity contribution in [2.75, 3.05) is 43.4 Å². The van der Waals surface area contributed by atoms with Gasteiger partial charge in [-0.1, -0.05) is 6.07 Å². The second kappa shape index (κ2) is 11.4. The van der Waals surface area contributed by atoms with E-state index in [2.05, 4.69) is 44.3 Å². The van der Waals surface area contributed by atoms with Crippen LogP contribution < -0.4 is 15.0 Å². The molecular weight excluding hydrogens is 526 g/mol. The molecule has 12 nitrogen and oxygen atoms in total. The summed E-state index contributed by atoms with van der Waals surface area (Å²) in [5, 5.41) is 15.1. The van der Waals surface area contributed by atoms with E-state index in [9.17, 15) is 14.9 Å². The minimum atomic E-state index is -0.656. The summed E-state index contributed by atoms with van der Waals surface area (Å²) in [7, 11) is 2.13. The Bertz CT molecular complexity index is 1550. The highest BCUT2D eigenvalue weighted by Crippen LogP contribution is 2.32. The van der Waals surface area contributed by atoms with Gasteiger partial charge in [0.25, 0.3) is 5.69 Å². The molecule has 0 spiro atoms. The van der Waals surface area contributed by atoms with E-state index in [1.807, 2.05) is 12.1 Å². The highest BCUT2D eigenvalue weighted by atomic mass is 16.6. The van der Waals surface area contributed by atoms with Crippen molar-refractivity contribution in [3.63, 3.8) is 0 Å². The normalized spacial score (nSPS) is 14.2. The van der Waals surface area contributed by atoms with E-state index in [0.717, 1.165) is 37.6 Å². The number of hydrogen-bond donors (Lipinski definition) is 1. The fourth-order valence-electron chi connectivity index (χ4n) is 4.34. The molecule has 214 valence electrons. The lowest BCUT2D eigenvalue weighted by Crippen LogP contribution is -2.44. The Kier molecular flexibility index (Phi) is 7.75. The molecule has 12 heteroatoms. The molecule has 0 saturated carbocycles. The Hall–Kier alpha value is -4.71. The number of carbonyl (C=O) groups is 1. The smallest absolute Gasteiger partial charge is 0.312 e. The minimum Gasteiger partial charge on any atom is -0.443 e. The van der Waals surface area contributed by atoms with Gasteiger partial charge in [-0.05, 0) is 64.2 Å². The number of likely N-dealkylation sites (N-methyl/N-ethyl adjacent to an activating group) is 1. The van der Waals surface area contributed by atoms with Gasteiger partial charge in [0.1, 0.15) is 5.75 Å². The predicted molar refractivity (Wildman–Crippen MR) is 156 cm³/mol. The lowest BCUT2D eigenvalue weighted by Gasteiger charge is -2.34. The molecule has 0 radical (unpaired) electrons. The molecule has 0 aliphatic carbocycles. The van der Waals surface area contributed by atoms with Crippen LogP contribution in [0.2, 0.25) is 0 Å². The van der Waals surface area contributed by atoms with Gasteiger partial charge in [0.15, 0.2) is 12.4 Å². The number of nitrogens with zero attached hydrogens (tertiary/aromatic N) is 6. The van der Waals surface area contributed by atoms with Crippen LogP contribution in [0.25, 0.3) is 11.0 Å². The van der Waals surface area contributed by atoms with Crippen molar-refractivity contribution in [1.29, 1.82) is 0 Å². The zero-order chi connectivity index (χ0) is 29.1. The Labute approximate surface area is 237 Å². The Morgan fingerprint density at radius 3 is 2.46 bits per heavy atom. The van der Waals surface area contributed by atoms with Gasteiger partial charge in [0.05, 0.1) is 21.8 Å². The van der Waals surface area contributed by atoms with Crippen LogP contribution in [0.15, 0.2) is 60.8 Å². The lowest BCUT2D eigenvalue weighted by molar-refractivity contribution is -0.384. The van der Waals surface area contributed by atoms with E-state index < -0.39 is 10.3 Å². The zero-order valence-electron chi connectivity index (χ0n) is 23.5. The van der Waals surface area contributed by atoms with Crippen molar-refractivity contribution in [3.05, 3.63) is 70.9 Å². The van der Waals surface area contributed by atoms with Crippen LogP contribution in [-0.4, -0.2) is 63.6 Å². The van der Waals surface area contributed by atoms with E-state index in [4.69, 9.17) is 9.47 Å². The second-order valence-electron chi connectivity index (χ2n) is 11.0. The first-order valence-corrected chi connectivity index (χ1v) is 13.3. The maximum absolute atomic E-state index is 12.4. The summed E-state index contributed by atoms with van der Waals surface area (Å²) in [5.74, 6) is 0.370. The average molecular weight is 560 g/mol. The number of nitro benzene ring substituents is 1. The first-order valence-electron chi connectivity index (χ1n) is 13.3. The third-order valence-electron chi connectivity index (χ3n) is 6.77. The molecule has 1 aliphatic rings. The van der Waals surface area contributed by atoms with Crippen molar-refractivity contribution >= 4 is 40.0 Å². The van der Waals surface area contributed by atoms with Gasteiger partial charge in [-0.25, -0.2) is 0 Å². The van der Waals surface area contributed by atoms with Gasteiger partial charge >= 0.3 is 5.97 Å². The van der Waals surface area contributed by atoms with Crippen LogP contribution in [0.4, 0.5) is 23.0 Å². The van der Waals surface area contributed by atoms with E-state index >= 15 is 0 Å². The minimum absolute atomic E-state index is 0.0496.